The number of ether oxygens (including phenoxy) is 1. The first-order valence-electron chi connectivity index (χ1n) is 17.6. The number of hydrogen-bond acceptors (Lipinski definition) is 8. The number of nitrogens with zero attached hydrogens (tertiary/aromatic N) is 8. The molecule has 0 unspecified atom stereocenters. The molecule has 0 saturated heterocycles. The topological polar surface area (TPSA) is 102 Å². The SMILES string of the molecule is CCCCc1nc2c(OC)ncnc2n1Cc1ccc(-c2ccccc2C2(C(c3ccccc3)(c3ccccc3)c3ccccc3)N=NN=N2)cc1. The van der Waals surface area contributed by atoms with Crippen LogP contribution in [0.2, 0.25) is 0 Å². The third-order valence-corrected chi connectivity index (χ3v) is 10.00. The Morgan fingerprint density at radius 2 is 1.25 bits per heavy atom. The number of unbranched alkanes of at least 4 members (excludes halogenated alkanes) is 1. The fourth-order valence-corrected chi connectivity index (χ4v) is 7.63. The number of benzene rings is 5. The van der Waals surface area contributed by atoms with Crippen LogP contribution in [0.1, 0.15) is 53.4 Å². The van der Waals surface area contributed by atoms with Crippen molar-refractivity contribution in [2.75, 3.05) is 7.11 Å². The molecule has 9 nitrogen and oxygen atoms in total. The highest BCUT2D eigenvalue weighted by Gasteiger charge is 2.60. The Morgan fingerprint density at radius 3 is 1.83 bits per heavy atom. The first-order chi connectivity index (χ1) is 25.7. The Hall–Kier alpha value is -6.35. The molecule has 0 spiro atoms. The summed E-state index contributed by atoms with van der Waals surface area (Å²) < 4.78 is 7.71. The largest absolute Gasteiger partial charge is 0.479 e. The van der Waals surface area contributed by atoms with Gasteiger partial charge in [-0.05, 0) is 50.2 Å². The molecule has 2 aromatic heterocycles. The summed E-state index contributed by atoms with van der Waals surface area (Å²) in [6.07, 6.45) is 4.48. The quantitative estimate of drug-likeness (QED) is 0.120. The predicted molar refractivity (Wildman–Crippen MR) is 202 cm³/mol. The lowest BCUT2D eigenvalue weighted by Crippen LogP contribution is -2.48. The van der Waals surface area contributed by atoms with Gasteiger partial charge in [0.25, 0.3) is 0 Å². The standard InChI is InChI=1S/C43H38N8O/c1-3-4-24-38-46-39-40(44-30-45-41(39)52-2)51(38)29-31-25-27-32(28-26-31)36-22-14-15-23-37(36)43(47-49-50-48-43)42(33-16-8-5-9-17-33,34-18-10-6-11-19-34)35-20-12-7-13-21-35/h5-23,25-28,30H,3-4,24,29H2,1-2H3. The molecule has 0 bridgehead atoms. The molecule has 9 heteroatoms. The first kappa shape index (κ1) is 32.8. The molecule has 1 aliphatic rings. The van der Waals surface area contributed by atoms with Gasteiger partial charge in [0.1, 0.15) is 12.2 Å². The highest BCUT2D eigenvalue weighted by atomic mass is 16.5. The van der Waals surface area contributed by atoms with Crippen LogP contribution in [0.25, 0.3) is 22.3 Å². The fraction of sp³-hybridized carbons (Fsp3) is 0.186. The molecule has 5 aromatic carbocycles. The summed E-state index contributed by atoms with van der Waals surface area (Å²) in [4.78, 5) is 13.8. The van der Waals surface area contributed by atoms with Crippen LogP contribution in [0.4, 0.5) is 0 Å². The lowest BCUT2D eigenvalue weighted by molar-refractivity contribution is 0.318. The van der Waals surface area contributed by atoms with E-state index in [2.05, 4.69) is 147 Å². The Kier molecular flexibility index (Phi) is 8.91. The number of fused-ring (bicyclic) bond motifs is 1. The summed E-state index contributed by atoms with van der Waals surface area (Å²) in [7, 11) is 1.62. The van der Waals surface area contributed by atoms with E-state index in [4.69, 9.17) is 19.9 Å². The second kappa shape index (κ2) is 14.1. The number of aromatic nitrogens is 4. The second-order valence-electron chi connectivity index (χ2n) is 12.9. The van der Waals surface area contributed by atoms with Crippen LogP contribution in [-0.4, -0.2) is 26.6 Å². The van der Waals surface area contributed by atoms with E-state index in [1.54, 1.807) is 7.11 Å². The van der Waals surface area contributed by atoms with Crippen molar-refractivity contribution in [1.82, 2.24) is 19.5 Å². The summed E-state index contributed by atoms with van der Waals surface area (Å²) >= 11 is 0. The molecule has 8 rings (SSSR count). The minimum atomic E-state index is -1.27. The predicted octanol–water partition coefficient (Wildman–Crippen LogP) is 9.91. The summed E-state index contributed by atoms with van der Waals surface area (Å²) in [5.41, 5.74) is 6.41. The number of hydrogen-bond donors (Lipinski definition) is 0. The van der Waals surface area contributed by atoms with E-state index < -0.39 is 11.1 Å². The molecule has 0 fully saturated rings. The van der Waals surface area contributed by atoms with Gasteiger partial charge in [-0.1, -0.05) is 153 Å². The van der Waals surface area contributed by atoms with Gasteiger partial charge in [0.05, 0.1) is 19.1 Å². The molecule has 0 radical (unpaired) electrons. The monoisotopic (exact) mass is 682 g/mol. The zero-order valence-corrected chi connectivity index (χ0v) is 29.2. The van der Waals surface area contributed by atoms with Gasteiger partial charge in [0.2, 0.25) is 11.5 Å². The van der Waals surface area contributed by atoms with Crippen molar-refractivity contribution in [2.45, 2.75) is 43.8 Å². The number of rotatable bonds is 12. The van der Waals surface area contributed by atoms with Gasteiger partial charge in [0, 0.05) is 12.0 Å². The van der Waals surface area contributed by atoms with Gasteiger partial charge >= 0.3 is 0 Å². The molecule has 7 aromatic rings. The zero-order valence-electron chi connectivity index (χ0n) is 29.2. The zero-order chi connectivity index (χ0) is 35.4. The van der Waals surface area contributed by atoms with Gasteiger partial charge in [-0.25, -0.2) is 9.97 Å². The van der Waals surface area contributed by atoms with Crippen LogP contribution in [0, 0.1) is 0 Å². The fourth-order valence-electron chi connectivity index (χ4n) is 7.63. The Morgan fingerprint density at radius 1 is 0.673 bits per heavy atom. The molecule has 0 N–H and O–H groups in total. The molecule has 3 heterocycles. The van der Waals surface area contributed by atoms with Crippen molar-refractivity contribution in [1.29, 1.82) is 0 Å². The number of methoxy groups -OCH3 is 1. The van der Waals surface area contributed by atoms with Crippen LogP contribution < -0.4 is 4.74 Å². The van der Waals surface area contributed by atoms with Gasteiger partial charge in [-0.3, -0.25) is 0 Å². The molecule has 0 atom stereocenters. The van der Waals surface area contributed by atoms with E-state index in [0.717, 1.165) is 69.7 Å². The lowest BCUT2D eigenvalue weighted by atomic mass is 9.59. The van der Waals surface area contributed by atoms with Crippen LogP contribution in [-0.2, 0) is 24.0 Å². The molecule has 0 saturated carbocycles. The highest BCUT2D eigenvalue weighted by molar-refractivity contribution is 5.77. The summed E-state index contributed by atoms with van der Waals surface area (Å²) in [6.45, 7) is 2.80. The van der Waals surface area contributed by atoms with E-state index in [9.17, 15) is 0 Å². The molecule has 0 amide bonds. The van der Waals surface area contributed by atoms with Crippen LogP contribution >= 0.6 is 0 Å². The smallest absolute Gasteiger partial charge is 0.245 e. The minimum absolute atomic E-state index is 0.487. The molecule has 0 aliphatic carbocycles. The second-order valence-corrected chi connectivity index (χ2v) is 12.9. The van der Waals surface area contributed by atoms with Crippen molar-refractivity contribution in [3.8, 4) is 17.0 Å². The summed E-state index contributed by atoms with van der Waals surface area (Å²) in [5, 5.41) is 18.6. The van der Waals surface area contributed by atoms with Crippen LogP contribution in [0.5, 0.6) is 5.88 Å². The van der Waals surface area contributed by atoms with E-state index in [1.807, 2.05) is 24.3 Å². The van der Waals surface area contributed by atoms with Crippen LogP contribution in [0.15, 0.2) is 167 Å². The van der Waals surface area contributed by atoms with Gasteiger partial charge < -0.3 is 9.30 Å². The number of imidazole rings is 1. The maximum atomic E-state index is 5.53. The molecule has 52 heavy (non-hydrogen) atoms. The van der Waals surface area contributed by atoms with Gasteiger partial charge in [-0.15, -0.1) is 10.2 Å². The third kappa shape index (κ3) is 5.45. The number of aryl methyl sites for hydroxylation is 1. The van der Waals surface area contributed by atoms with Gasteiger partial charge in [-0.2, -0.15) is 4.98 Å². The minimum Gasteiger partial charge on any atom is -0.479 e. The average molecular weight is 683 g/mol. The average Bonchev–Trinajstić information content (AvgIpc) is 3.85. The normalized spacial score (nSPS) is 13.5. The Balaban J connectivity index is 1.27. The van der Waals surface area contributed by atoms with Crippen molar-refractivity contribution in [3.63, 3.8) is 0 Å². The maximum Gasteiger partial charge on any atom is 0.245 e. The van der Waals surface area contributed by atoms with Crippen molar-refractivity contribution >= 4 is 11.2 Å². The van der Waals surface area contributed by atoms with Gasteiger partial charge in [0.15, 0.2) is 11.2 Å². The van der Waals surface area contributed by atoms with E-state index >= 15 is 0 Å². The molecular weight excluding hydrogens is 645 g/mol. The van der Waals surface area contributed by atoms with Crippen LogP contribution in [0.3, 0.4) is 0 Å². The van der Waals surface area contributed by atoms with Crippen molar-refractivity contribution in [3.05, 3.63) is 179 Å². The molecule has 256 valence electrons. The van der Waals surface area contributed by atoms with E-state index in [0.29, 0.717) is 17.9 Å². The first-order valence-corrected chi connectivity index (χ1v) is 17.6. The third-order valence-electron chi connectivity index (χ3n) is 10.00. The maximum absolute atomic E-state index is 5.53. The van der Waals surface area contributed by atoms with Crippen molar-refractivity contribution < 1.29 is 4.74 Å². The lowest BCUT2D eigenvalue weighted by Gasteiger charge is -2.45. The molecular formula is C43H38N8O. The summed E-state index contributed by atoms with van der Waals surface area (Å²) in [5.74, 6) is 1.46. The van der Waals surface area contributed by atoms with E-state index in [-0.39, 0.29) is 0 Å². The summed E-state index contributed by atoms with van der Waals surface area (Å²) in [6, 6.07) is 48.4. The Bertz CT molecular complexity index is 2250. The Labute approximate surface area is 302 Å². The molecule has 1 aliphatic heterocycles. The van der Waals surface area contributed by atoms with E-state index in [1.165, 1.54) is 6.33 Å². The highest BCUT2D eigenvalue weighted by Crippen LogP contribution is 2.58. The van der Waals surface area contributed by atoms with Crippen molar-refractivity contribution in [2.24, 2.45) is 20.7 Å².